The molecule has 1 aliphatic heterocycles. The van der Waals surface area contributed by atoms with Crippen LogP contribution in [0.15, 0.2) is 28.8 Å². The first-order chi connectivity index (χ1) is 12.1. The van der Waals surface area contributed by atoms with E-state index in [1.54, 1.807) is 0 Å². The van der Waals surface area contributed by atoms with Gasteiger partial charge in [-0.2, -0.15) is 4.98 Å². The number of aromatic nitrogens is 2. The van der Waals surface area contributed by atoms with Crippen LogP contribution in [0.5, 0.6) is 0 Å². The Balaban J connectivity index is 1.58. The number of amides is 1. The standard InChI is InChI=1S/C19H25N3O3/c1-4-15-5-7-16(8-6-15)19-20-17(25-21-19)9-10-18(23)22-11-14(3)24-12-13(22)2/h5-8,13-14H,4,9-12H2,1-3H3/t13-,14-/m1/s1. The predicted octanol–water partition coefficient (Wildman–Crippen LogP) is 2.87. The first-order valence-electron chi connectivity index (χ1n) is 8.89. The molecule has 1 aliphatic rings. The van der Waals surface area contributed by atoms with Crippen LogP contribution in [0, 0.1) is 0 Å². The smallest absolute Gasteiger partial charge is 0.227 e. The summed E-state index contributed by atoms with van der Waals surface area (Å²) in [4.78, 5) is 18.8. The average molecular weight is 343 g/mol. The molecule has 0 spiro atoms. The quantitative estimate of drug-likeness (QED) is 0.835. The van der Waals surface area contributed by atoms with E-state index in [1.807, 2.05) is 30.9 Å². The number of carbonyl (C=O) groups is 1. The third kappa shape index (κ3) is 4.25. The number of ether oxygens (including phenoxy) is 1. The van der Waals surface area contributed by atoms with Gasteiger partial charge in [0.15, 0.2) is 0 Å². The summed E-state index contributed by atoms with van der Waals surface area (Å²) in [5.41, 5.74) is 2.20. The Morgan fingerprint density at radius 1 is 1.28 bits per heavy atom. The van der Waals surface area contributed by atoms with Gasteiger partial charge in [-0.1, -0.05) is 36.3 Å². The minimum absolute atomic E-state index is 0.0845. The molecule has 1 aromatic heterocycles. The fourth-order valence-electron chi connectivity index (χ4n) is 2.97. The van der Waals surface area contributed by atoms with Gasteiger partial charge < -0.3 is 14.2 Å². The van der Waals surface area contributed by atoms with Gasteiger partial charge in [0.05, 0.1) is 18.8 Å². The van der Waals surface area contributed by atoms with Crippen molar-refractivity contribution in [2.75, 3.05) is 13.2 Å². The van der Waals surface area contributed by atoms with E-state index in [2.05, 4.69) is 29.2 Å². The van der Waals surface area contributed by atoms with Crippen LogP contribution in [0.1, 0.15) is 38.6 Å². The molecule has 6 heteroatoms. The van der Waals surface area contributed by atoms with E-state index in [-0.39, 0.29) is 18.1 Å². The number of rotatable bonds is 5. The van der Waals surface area contributed by atoms with Crippen LogP contribution < -0.4 is 0 Å². The molecule has 2 atom stereocenters. The zero-order valence-electron chi connectivity index (χ0n) is 15.1. The fourth-order valence-corrected chi connectivity index (χ4v) is 2.97. The van der Waals surface area contributed by atoms with Crippen LogP contribution >= 0.6 is 0 Å². The second-order valence-corrected chi connectivity index (χ2v) is 6.60. The Bertz CT molecular complexity index is 711. The van der Waals surface area contributed by atoms with Crippen molar-refractivity contribution in [3.8, 4) is 11.4 Å². The van der Waals surface area contributed by atoms with Crippen LogP contribution in [-0.4, -0.2) is 46.2 Å². The molecule has 6 nitrogen and oxygen atoms in total. The monoisotopic (exact) mass is 343 g/mol. The Labute approximate surface area is 148 Å². The van der Waals surface area contributed by atoms with Gasteiger partial charge in [-0.3, -0.25) is 4.79 Å². The molecule has 0 unspecified atom stereocenters. The highest BCUT2D eigenvalue weighted by molar-refractivity contribution is 5.76. The maximum Gasteiger partial charge on any atom is 0.227 e. The van der Waals surface area contributed by atoms with E-state index in [0.29, 0.717) is 37.7 Å². The first-order valence-corrected chi connectivity index (χ1v) is 8.89. The number of aryl methyl sites for hydroxylation is 2. The maximum atomic E-state index is 12.5. The van der Waals surface area contributed by atoms with Crippen molar-refractivity contribution in [3.63, 3.8) is 0 Å². The third-order valence-electron chi connectivity index (χ3n) is 4.57. The Morgan fingerprint density at radius 3 is 2.76 bits per heavy atom. The van der Waals surface area contributed by atoms with Crippen LogP contribution in [0.3, 0.4) is 0 Å². The summed E-state index contributed by atoms with van der Waals surface area (Å²) < 4.78 is 10.9. The first kappa shape index (κ1) is 17.6. The molecule has 134 valence electrons. The second-order valence-electron chi connectivity index (χ2n) is 6.60. The topological polar surface area (TPSA) is 68.5 Å². The Morgan fingerprint density at radius 2 is 2.04 bits per heavy atom. The fraction of sp³-hybridized carbons (Fsp3) is 0.526. The van der Waals surface area contributed by atoms with Crippen molar-refractivity contribution in [1.29, 1.82) is 0 Å². The van der Waals surface area contributed by atoms with Crippen molar-refractivity contribution >= 4 is 5.91 Å². The van der Waals surface area contributed by atoms with Crippen molar-refractivity contribution in [3.05, 3.63) is 35.7 Å². The number of carbonyl (C=O) groups excluding carboxylic acids is 1. The van der Waals surface area contributed by atoms with E-state index >= 15 is 0 Å². The number of morpholine rings is 1. The molecule has 1 fully saturated rings. The molecule has 2 aromatic rings. The van der Waals surface area contributed by atoms with E-state index in [4.69, 9.17) is 9.26 Å². The Hall–Kier alpha value is -2.21. The molecule has 1 saturated heterocycles. The Kier molecular flexibility index (Phi) is 5.48. The van der Waals surface area contributed by atoms with Crippen molar-refractivity contribution < 1.29 is 14.1 Å². The maximum absolute atomic E-state index is 12.5. The predicted molar refractivity (Wildman–Crippen MR) is 94.0 cm³/mol. The molecule has 1 aromatic carbocycles. The summed E-state index contributed by atoms with van der Waals surface area (Å²) in [6, 6.07) is 8.23. The highest BCUT2D eigenvalue weighted by atomic mass is 16.5. The van der Waals surface area contributed by atoms with Crippen LogP contribution in [0.4, 0.5) is 0 Å². The summed E-state index contributed by atoms with van der Waals surface area (Å²) in [5, 5.41) is 4.03. The SMILES string of the molecule is CCc1ccc(-c2noc(CCC(=O)N3C[C@@H](C)OC[C@H]3C)n2)cc1. The molecule has 3 rings (SSSR count). The van der Waals surface area contributed by atoms with Gasteiger partial charge >= 0.3 is 0 Å². The molecule has 0 N–H and O–H groups in total. The lowest BCUT2D eigenvalue weighted by atomic mass is 10.1. The van der Waals surface area contributed by atoms with E-state index in [0.717, 1.165) is 12.0 Å². The lowest BCUT2D eigenvalue weighted by molar-refractivity contribution is -0.143. The van der Waals surface area contributed by atoms with E-state index in [9.17, 15) is 4.79 Å². The van der Waals surface area contributed by atoms with E-state index in [1.165, 1.54) is 5.56 Å². The normalized spacial score (nSPS) is 20.7. The van der Waals surface area contributed by atoms with Crippen molar-refractivity contribution in [2.45, 2.75) is 52.2 Å². The summed E-state index contributed by atoms with van der Waals surface area (Å²) in [5.74, 6) is 1.17. The van der Waals surface area contributed by atoms with E-state index < -0.39 is 0 Å². The van der Waals surface area contributed by atoms with Crippen molar-refractivity contribution in [2.24, 2.45) is 0 Å². The minimum Gasteiger partial charge on any atom is -0.375 e. The largest absolute Gasteiger partial charge is 0.375 e. The molecular formula is C19H25N3O3. The number of hydrogen-bond acceptors (Lipinski definition) is 5. The van der Waals surface area contributed by atoms with Crippen LogP contribution in [0.2, 0.25) is 0 Å². The second kappa shape index (κ2) is 7.78. The molecule has 2 heterocycles. The molecule has 0 aliphatic carbocycles. The third-order valence-corrected chi connectivity index (χ3v) is 4.57. The van der Waals surface area contributed by atoms with Crippen LogP contribution in [0.25, 0.3) is 11.4 Å². The van der Waals surface area contributed by atoms with Gasteiger partial charge in [-0.15, -0.1) is 0 Å². The molecule has 0 radical (unpaired) electrons. The van der Waals surface area contributed by atoms with Crippen LogP contribution in [-0.2, 0) is 22.4 Å². The summed E-state index contributed by atoms with van der Waals surface area (Å²) >= 11 is 0. The molecular weight excluding hydrogens is 318 g/mol. The average Bonchev–Trinajstić information content (AvgIpc) is 3.11. The molecule has 1 amide bonds. The molecule has 25 heavy (non-hydrogen) atoms. The van der Waals surface area contributed by atoms with Gasteiger partial charge in [-0.25, -0.2) is 0 Å². The number of benzene rings is 1. The highest BCUT2D eigenvalue weighted by Gasteiger charge is 2.27. The van der Waals surface area contributed by atoms with Crippen molar-refractivity contribution in [1.82, 2.24) is 15.0 Å². The van der Waals surface area contributed by atoms with Gasteiger partial charge in [0.2, 0.25) is 17.6 Å². The number of nitrogens with zero attached hydrogens (tertiary/aromatic N) is 3. The minimum atomic E-state index is 0.0845. The highest BCUT2D eigenvalue weighted by Crippen LogP contribution is 2.18. The van der Waals surface area contributed by atoms with Gasteiger partial charge in [0, 0.05) is 24.9 Å². The van der Waals surface area contributed by atoms with Gasteiger partial charge in [-0.05, 0) is 25.8 Å². The lowest BCUT2D eigenvalue weighted by Crippen LogP contribution is -2.50. The zero-order valence-corrected chi connectivity index (χ0v) is 15.1. The van der Waals surface area contributed by atoms with Gasteiger partial charge in [0.1, 0.15) is 0 Å². The summed E-state index contributed by atoms with van der Waals surface area (Å²) in [6.45, 7) is 7.34. The lowest BCUT2D eigenvalue weighted by Gasteiger charge is -2.36. The number of hydrogen-bond donors (Lipinski definition) is 0. The zero-order chi connectivity index (χ0) is 17.8. The summed E-state index contributed by atoms with van der Waals surface area (Å²) in [7, 11) is 0. The van der Waals surface area contributed by atoms with Gasteiger partial charge in [0.25, 0.3) is 0 Å². The molecule has 0 saturated carbocycles. The summed E-state index contributed by atoms with van der Waals surface area (Å²) in [6.07, 6.45) is 1.91. The molecule has 0 bridgehead atoms.